The van der Waals surface area contributed by atoms with Gasteiger partial charge in [0.25, 0.3) is 0 Å². The molecule has 1 heterocycles. The smallest absolute Gasteiger partial charge is 0.131 e. The van der Waals surface area contributed by atoms with E-state index in [-0.39, 0.29) is 6.10 Å². The van der Waals surface area contributed by atoms with Gasteiger partial charge in [-0.2, -0.15) is 0 Å². The second-order valence-corrected chi connectivity index (χ2v) is 6.07. The van der Waals surface area contributed by atoms with Crippen LogP contribution < -0.4 is 4.74 Å². The van der Waals surface area contributed by atoms with Crippen LogP contribution in [0.3, 0.4) is 0 Å². The number of ether oxygens (including phenoxy) is 1. The second kappa shape index (κ2) is 4.42. The van der Waals surface area contributed by atoms with E-state index < -0.39 is 0 Å². The van der Waals surface area contributed by atoms with Gasteiger partial charge in [0.05, 0.1) is 6.10 Å². The Morgan fingerprint density at radius 1 is 1.16 bits per heavy atom. The summed E-state index contributed by atoms with van der Waals surface area (Å²) in [5, 5.41) is 12.5. The average Bonchev–Trinajstić information content (AvgIpc) is 2.73. The van der Waals surface area contributed by atoms with Crippen LogP contribution in [-0.2, 0) is 0 Å². The molecule has 0 aliphatic carbocycles. The molecule has 0 amide bonds. The Labute approximate surface area is 116 Å². The summed E-state index contributed by atoms with van der Waals surface area (Å²) in [5.74, 6) is 1.11. The molecule has 0 unspecified atom stereocenters. The van der Waals surface area contributed by atoms with Crippen molar-refractivity contribution in [3.63, 3.8) is 0 Å². The number of hydrogen-bond acceptors (Lipinski definition) is 3. The van der Waals surface area contributed by atoms with Gasteiger partial charge in [0.15, 0.2) is 0 Å². The highest BCUT2D eigenvalue weighted by atomic mass is 32.1. The lowest BCUT2D eigenvalue weighted by Gasteiger charge is -2.13. The molecule has 0 radical (unpaired) electrons. The number of aromatic hydroxyl groups is 1. The molecular formula is C16H16O2S. The van der Waals surface area contributed by atoms with Crippen LogP contribution in [0.15, 0.2) is 30.3 Å². The maximum absolute atomic E-state index is 10.5. The van der Waals surface area contributed by atoms with Gasteiger partial charge in [-0.15, -0.1) is 11.3 Å². The molecule has 3 heteroatoms. The summed E-state index contributed by atoms with van der Waals surface area (Å²) in [5.41, 5.74) is 0.810. The van der Waals surface area contributed by atoms with Crippen LogP contribution in [0.4, 0.5) is 0 Å². The molecule has 0 saturated heterocycles. The molecule has 0 fully saturated rings. The van der Waals surface area contributed by atoms with Crippen LogP contribution in [0.1, 0.15) is 19.4 Å². The van der Waals surface area contributed by atoms with Gasteiger partial charge in [0.1, 0.15) is 11.5 Å². The fourth-order valence-electron chi connectivity index (χ4n) is 2.32. The van der Waals surface area contributed by atoms with Crippen molar-refractivity contribution >= 4 is 31.5 Å². The zero-order chi connectivity index (χ0) is 13.6. The fraction of sp³-hybridized carbons (Fsp3) is 0.250. The number of fused-ring (bicyclic) bond motifs is 3. The van der Waals surface area contributed by atoms with Crippen molar-refractivity contribution in [2.45, 2.75) is 26.9 Å². The summed E-state index contributed by atoms with van der Waals surface area (Å²) in [6.45, 7) is 5.89. The van der Waals surface area contributed by atoms with Crippen LogP contribution in [0, 0.1) is 6.92 Å². The number of thiophene rings is 1. The zero-order valence-corrected chi connectivity index (χ0v) is 12.0. The summed E-state index contributed by atoms with van der Waals surface area (Å²) < 4.78 is 8.03. The van der Waals surface area contributed by atoms with Gasteiger partial charge in [0.2, 0.25) is 0 Å². The van der Waals surface area contributed by atoms with E-state index in [9.17, 15) is 5.11 Å². The number of benzene rings is 2. The molecule has 2 nitrogen and oxygen atoms in total. The van der Waals surface area contributed by atoms with E-state index in [4.69, 9.17) is 4.74 Å². The van der Waals surface area contributed by atoms with Gasteiger partial charge in [-0.1, -0.05) is 18.2 Å². The molecule has 1 aromatic heterocycles. The molecule has 98 valence electrons. The van der Waals surface area contributed by atoms with Crippen LogP contribution in [0.25, 0.3) is 20.2 Å². The van der Waals surface area contributed by atoms with E-state index in [1.54, 1.807) is 11.3 Å². The van der Waals surface area contributed by atoms with E-state index >= 15 is 0 Å². The minimum absolute atomic E-state index is 0.102. The van der Waals surface area contributed by atoms with E-state index in [1.807, 2.05) is 39.0 Å². The predicted molar refractivity (Wildman–Crippen MR) is 81.5 cm³/mol. The Kier molecular flexibility index (Phi) is 2.86. The van der Waals surface area contributed by atoms with Crippen molar-refractivity contribution in [1.29, 1.82) is 0 Å². The standard InChI is InChI=1S/C16H16O2S/c1-9(2)18-12-8-14-15(16(17)10(12)3)11-6-4-5-7-13(11)19-14/h4-9,17H,1-3H3. The van der Waals surface area contributed by atoms with Gasteiger partial charge in [-0.3, -0.25) is 0 Å². The lowest BCUT2D eigenvalue weighted by Crippen LogP contribution is -2.06. The van der Waals surface area contributed by atoms with Gasteiger partial charge in [0, 0.05) is 25.7 Å². The van der Waals surface area contributed by atoms with Crippen molar-refractivity contribution in [2.75, 3.05) is 0 Å². The average molecular weight is 272 g/mol. The Hall–Kier alpha value is -1.74. The minimum atomic E-state index is 0.102. The van der Waals surface area contributed by atoms with Crippen molar-refractivity contribution in [3.8, 4) is 11.5 Å². The SMILES string of the molecule is Cc1c(OC(C)C)cc2sc3ccccc3c2c1O. The normalized spacial score (nSPS) is 11.6. The lowest BCUT2D eigenvalue weighted by atomic mass is 10.1. The molecular weight excluding hydrogens is 256 g/mol. The molecule has 0 spiro atoms. The molecule has 19 heavy (non-hydrogen) atoms. The quantitative estimate of drug-likeness (QED) is 0.722. The third-order valence-electron chi connectivity index (χ3n) is 3.21. The highest BCUT2D eigenvalue weighted by Gasteiger charge is 2.15. The van der Waals surface area contributed by atoms with E-state index in [0.717, 1.165) is 26.8 Å². The Morgan fingerprint density at radius 2 is 1.89 bits per heavy atom. The molecule has 2 aromatic carbocycles. The molecule has 1 N–H and O–H groups in total. The number of phenols is 1. The van der Waals surface area contributed by atoms with E-state index in [1.165, 1.54) is 4.70 Å². The monoisotopic (exact) mass is 272 g/mol. The van der Waals surface area contributed by atoms with Crippen LogP contribution >= 0.6 is 11.3 Å². The molecule has 0 atom stereocenters. The summed E-state index contributed by atoms with van der Waals surface area (Å²) in [6, 6.07) is 10.2. The summed E-state index contributed by atoms with van der Waals surface area (Å²) in [7, 11) is 0. The van der Waals surface area contributed by atoms with Crippen molar-refractivity contribution < 1.29 is 9.84 Å². The zero-order valence-electron chi connectivity index (χ0n) is 11.2. The summed E-state index contributed by atoms with van der Waals surface area (Å²) in [6.07, 6.45) is 0.102. The molecule has 0 aliphatic rings. The van der Waals surface area contributed by atoms with Crippen molar-refractivity contribution in [1.82, 2.24) is 0 Å². The number of phenolic OH excluding ortho intramolecular Hbond substituents is 1. The molecule has 0 saturated carbocycles. The largest absolute Gasteiger partial charge is 0.507 e. The molecule has 3 rings (SSSR count). The third-order valence-corrected chi connectivity index (χ3v) is 4.33. The first-order valence-corrected chi connectivity index (χ1v) is 7.20. The highest BCUT2D eigenvalue weighted by Crippen LogP contribution is 2.44. The predicted octanol–water partition coefficient (Wildman–Crippen LogP) is 4.86. The fourth-order valence-corrected chi connectivity index (χ4v) is 3.46. The summed E-state index contributed by atoms with van der Waals surface area (Å²) >= 11 is 1.69. The van der Waals surface area contributed by atoms with E-state index in [0.29, 0.717) is 5.75 Å². The minimum Gasteiger partial charge on any atom is -0.507 e. The van der Waals surface area contributed by atoms with Gasteiger partial charge in [-0.05, 0) is 32.9 Å². The van der Waals surface area contributed by atoms with Crippen LogP contribution in [0.5, 0.6) is 11.5 Å². The van der Waals surface area contributed by atoms with Crippen LogP contribution in [0.2, 0.25) is 0 Å². The van der Waals surface area contributed by atoms with E-state index in [2.05, 4.69) is 12.1 Å². The van der Waals surface area contributed by atoms with Crippen LogP contribution in [-0.4, -0.2) is 11.2 Å². The third kappa shape index (κ3) is 1.94. The van der Waals surface area contributed by atoms with Gasteiger partial charge < -0.3 is 9.84 Å². The highest BCUT2D eigenvalue weighted by molar-refractivity contribution is 7.25. The number of hydrogen-bond donors (Lipinski definition) is 1. The topological polar surface area (TPSA) is 29.5 Å². The second-order valence-electron chi connectivity index (χ2n) is 4.99. The Bertz CT molecular complexity index is 756. The lowest BCUT2D eigenvalue weighted by molar-refractivity contribution is 0.240. The summed E-state index contributed by atoms with van der Waals surface area (Å²) in [4.78, 5) is 0. The first-order chi connectivity index (χ1) is 9.08. The maximum Gasteiger partial charge on any atom is 0.131 e. The molecule has 3 aromatic rings. The molecule has 0 aliphatic heterocycles. The molecule has 0 bridgehead atoms. The Balaban J connectivity index is 2.35. The first kappa shape index (κ1) is 12.3. The van der Waals surface area contributed by atoms with Gasteiger partial charge >= 0.3 is 0 Å². The van der Waals surface area contributed by atoms with Crippen molar-refractivity contribution in [2.24, 2.45) is 0 Å². The Morgan fingerprint density at radius 3 is 2.63 bits per heavy atom. The van der Waals surface area contributed by atoms with Crippen molar-refractivity contribution in [3.05, 3.63) is 35.9 Å². The maximum atomic E-state index is 10.5. The number of rotatable bonds is 2. The van der Waals surface area contributed by atoms with Gasteiger partial charge in [-0.25, -0.2) is 0 Å². The first-order valence-electron chi connectivity index (χ1n) is 6.38.